The fraction of sp³-hybridized carbons (Fsp3) is 0.250. The minimum Gasteiger partial charge on any atom is -0.364 e. The SMILES string of the molecule is Fc1ccc(-c2c(Cl)cccc2Cl)c(F)c1N1CCNCC1. The molecule has 0 radical (unpaired) electrons. The summed E-state index contributed by atoms with van der Waals surface area (Å²) in [7, 11) is 0. The van der Waals surface area contributed by atoms with Gasteiger partial charge >= 0.3 is 0 Å². The smallest absolute Gasteiger partial charge is 0.157 e. The first-order chi connectivity index (χ1) is 10.6. The van der Waals surface area contributed by atoms with Crippen LogP contribution in [0.3, 0.4) is 0 Å². The van der Waals surface area contributed by atoms with Crippen LogP contribution in [-0.4, -0.2) is 26.2 Å². The van der Waals surface area contributed by atoms with Gasteiger partial charge in [-0.15, -0.1) is 0 Å². The number of halogens is 4. The number of nitrogens with one attached hydrogen (secondary N) is 1. The molecule has 1 fully saturated rings. The molecule has 0 aromatic heterocycles. The molecule has 2 aromatic rings. The third-order valence-corrected chi connectivity index (χ3v) is 4.36. The van der Waals surface area contributed by atoms with E-state index < -0.39 is 11.6 Å². The van der Waals surface area contributed by atoms with Crippen molar-refractivity contribution in [3.63, 3.8) is 0 Å². The van der Waals surface area contributed by atoms with Crippen LogP contribution in [0.5, 0.6) is 0 Å². The van der Waals surface area contributed by atoms with Crippen LogP contribution in [0.4, 0.5) is 14.5 Å². The highest BCUT2D eigenvalue weighted by Crippen LogP contribution is 2.39. The molecule has 2 aromatic carbocycles. The number of rotatable bonds is 2. The summed E-state index contributed by atoms with van der Waals surface area (Å²) in [4.78, 5) is 1.70. The topological polar surface area (TPSA) is 15.3 Å². The molecule has 116 valence electrons. The van der Waals surface area contributed by atoms with Crippen LogP contribution in [0.25, 0.3) is 11.1 Å². The quantitative estimate of drug-likeness (QED) is 0.872. The van der Waals surface area contributed by atoms with E-state index in [1.165, 1.54) is 12.1 Å². The molecular formula is C16H14Cl2F2N2. The second kappa shape index (κ2) is 6.41. The van der Waals surface area contributed by atoms with Crippen molar-refractivity contribution in [2.75, 3.05) is 31.1 Å². The van der Waals surface area contributed by atoms with Gasteiger partial charge in [-0.3, -0.25) is 0 Å². The fourth-order valence-electron chi connectivity index (χ4n) is 2.67. The number of hydrogen-bond donors (Lipinski definition) is 1. The lowest BCUT2D eigenvalue weighted by atomic mass is 10.0. The molecule has 1 N–H and O–H groups in total. The Kier molecular flexibility index (Phi) is 4.52. The molecule has 0 atom stereocenters. The Bertz CT molecular complexity index is 681. The number of nitrogens with zero attached hydrogens (tertiary/aromatic N) is 1. The highest BCUT2D eigenvalue weighted by atomic mass is 35.5. The van der Waals surface area contributed by atoms with Crippen molar-refractivity contribution in [3.8, 4) is 11.1 Å². The van der Waals surface area contributed by atoms with E-state index in [1.807, 2.05) is 0 Å². The standard InChI is InChI=1S/C16H14Cl2F2N2/c17-11-2-1-3-12(18)14(11)10-4-5-13(19)16(15(10)20)22-8-6-21-7-9-22/h1-5,21H,6-9H2. The van der Waals surface area contributed by atoms with Gasteiger partial charge < -0.3 is 10.2 Å². The first-order valence-corrected chi connectivity index (χ1v) is 7.73. The Morgan fingerprint density at radius 3 is 2.23 bits per heavy atom. The van der Waals surface area contributed by atoms with Crippen molar-refractivity contribution >= 4 is 28.9 Å². The van der Waals surface area contributed by atoms with Gasteiger partial charge in [0.25, 0.3) is 0 Å². The zero-order valence-corrected chi connectivity index (χ0v) is 13.2. The van der Waals surface area contributed by atoms with Crippen LogP contribution in [0, 0.1) is 11.6 Å². The zero-order chi connectivity index (χ0) is 15.7. The summed E-state index contributed by atoms with van der Waals surface area (Å²) < 4.78 is 29.1. The fourth-order valence-corrected chi connectivity index (χ4v) is 3.27. The molecule has 1 saturated heterocycles. The normalized spacial score (nSPS) is 15.2. The Balaban J connectivity index is 2.14. The molecule has 0 aliphatic carbocycles. The van der Waals surface area contributed by atoms with E-state index in [-0.39, 0.29) is 11.3 Å². The van der Waals surface area contributed by atoms with E-state index in [2.05, 4.69) is 5.32 Å². The average Bonchev–Trinajstić information content (AvgIpc) is 2.50. The lowest BCUT2D eigenvalue weighted by Gasteiger charge is -2.30. The van der Waals surface area contributed by atoms with Crippen LogP contribution < -0.4 is 10.2 Å². The number of hydrogen-bond acceptors (Lipinski definition) is 2. The maximum atomic E-state index is 14.9. The summed E-state index contributed by atoms with van der Waals surface area (Å²) >= 11 is 12.3. The summed E-state index contributed by atoms with van der Waals surface area (Å²) in [6.45, 7) is 2.48. The highest BCUT2D eigenvalue weighted by Gasteiger charge is 2.23. The lowest BCUT2D eigenvalue weighted by Crippen LogP contribution is -2.44. The van der Waals surface area contributed by atoms with Gasteiger partial charge in [0.15, 0.2) is 5.82 Å². The summed E-state index contributed by atoms with van der Waals surface area (Å²) in [5, 5.41) is 3.83. The molecular weight excluding hydrogens is 329 g/mol. The highest BCUT2D eigenvalue weighted by molar-refractivity contribution is 6.39. The number of piperazine rings is 1. The van der Waals surface area contributed by atoms with Crippen molar-refractivity contribution in [2.45, 2.75) is 0 Å². The van der Waals surface area contributed by atoms with Crippen LogP contribution in [-0.2, 0) is 0 Å². The maximum Gasteiger partial charge on any atom is 0.157 e. The van der Waals surface area contributed by atoms with Crippen molar-refractivity contribution < 1.29 is 8.78 Å². The molecule has 1 aliphatic rings. The molecule has 1 heterocycles. The molecule has 1 aliphatic heterocycles. The molecule has 22 heavy (non-hydrogen) atoms. The van der Waals surface area contributed by atoms with Crippen molar-refractivity contribution in [3.05, 3.63) is 52.0 Å². The third-order valence-electron chi connectivity index (χ3n) is 3.73. The van der Waals surface area contributed by atoms with E-state index in [0.717, 1.165) is 0 Å². The molecule has 0 amide bonds. The van der Waals surface area contributed by atoms with Crippen LogP contribution in [0.15, 0.2) is 30.3 Å². The van der Waals surface area contributed by atoms with E-state index in [1.54, 1.807) is 23.1 Å². The second-order valence-electron chi connectivity index (χ2n) is 5.09. The average molecular weight is 343 g/mol. The first-order valence-electron chi connectivity index (χ1n) is 6.97. The summed E-state index contributed by atoms with van der Waals surface area (Å²) in [6.07, 6.45) is 0. The largest absolute Gasteiger partial charge is 0.364 e. The van der Waals surface area contributed by atoms with Gasteiger partial charge in [-0.25, -0.2) is 8.78 Å². The predicted molar refractivity (Wildman–Crippen MR) is 86.9 cm³/mol. The van der Waals surface area contributed by atoms with Gasteiger partial charge in [0, 0.05) is 47.4 Å². The molecule has 0 unspecified atom stereocenters. The van der Waals surface area contributed by atoms with Gasteiger partial charge in [0.05, 0.1) is 0 Å². The first kappa shape index (κ1) is 15.5. The van der Waals surface area contributed by atoms with Crippen LogP contribution in [0.2, 0.25) is 10.0 Å². The molecule has 0 saturated carbocycles. The second-order valence-corrected chi connectivity index (χ2v) is 5.91. The minimum absolute atomic E-state index is 0.0185. The zero-order valence-electron chi connectivity index (χ0n) is 11.7. The van der Waals surface area contributed by atoms with Gasteiger partial charge in [-0.1, -0.05) is 29.3 Å². The molecule has 2 nitrogen and oxygen atoms in total. The van der Waals surface area contributed by atoms with E-state index in [0.29, 0.717) is 41.8 Å². The molecule has 3 rings (SSSR count). The molecule has 0 bridgehead atoms. The maximum absolute atomic E-state index is 14.9. The predicted octanol–water partition coefficient (Wildman–Crippen LogP) is 4.35. The Morgan fingerprint density at radius 2 is 1.59 bits per heavy atom. The van der Waals surface area contributed by atoms with Crippen LogP contribution >= 0.6 is 23.2 Å². The molecule has 6 heteroatoms. The van der Waals surface area contributed by atoms with Gasteiger partial charge in [-0.05, 0) is 24.3 Å². The lowest BCUT2D eigenvalue weighted by molar-refractivity contribution is 0.539. The minimum atomic E-state index is -0.628. The summed E-state index contributed by atoms with van der Waals surface area (Å²) in [5.41, 5.74) is 0.584. The van der Waals surface area contributed by atoms with E-state index in [4.69, 9.17) is 23.2 Å². The molecule has 0 spiro atoms. The monoisotopic (exact) mass is 342 g/mol. The van der Waals surface area contributed by atoms with Gasteiger partial charge in [0.2, 0.25) is 0 Å². The Morgan fingerprint density at radius 1 is 0.955 bits per heavy atom. The van der Waals surface area contributed by atoms with Crippen molar-refractivity contribution in [1.29, 1.82) is 0 Å². The summed E-state index contributed by atoms with van der Waals surface area (Å²) in [5.74, 6) is -1.21. The van der Waals surface area contributed by atoms with Crippen LogP contribution in [0.1, 0.15) is 0 Å². The third kappa shape index (κ3) is 2.78. The Hall–Kier alpha value is -1.36. The van der Waals surface area contributed by atoms with Crippen molar-refractivity contribution in [1.82, 2.24) is 5.32 Å². The Labute approximate surface area is 137 Å². The summed E-state index contributed by atoms with van der Waals surface area (Å²) in [6, 6.07) is 7.60. The van der Waals surface area contributed by atoms with E-state index in [9.17, 15) is 8.78 Å². The number of benzene rings is 2. The van der Waals surface area contributed by atoms with Crippen molar-refractivity contribution in [2.24, 2.45) is 0 Å². The van der Waals surface area contributed by atoms with E-state index >= 15 is 0 Å². The van der Waals surface area contributed by atoms with Gasteiger partial charge in [0.1, 0.15) is 11.5 Å². The number of anilines is 1. The van der Waals surface area contributed by atoms with Gasteiger partial charge in [-0.2, -0.15) is 0 Å².